The molecule has 0 unspecified atom stereocenters. The van der Waals surface area contributed by atoms with Crippen molar-refractivity contribution in [1.82, 2.24) is 14.6 Å². The lowest BCUT2D eigenvalue weighted by Crippen LogP contribution is -1.95. The molecule has 0 saturated heterocycles. The number of fused-ring (bicyclic) bond motifs is 4. The number of nitrogens with zero attached hydrogens (tertiary/aromatic N) is 3. The average molecular weight is 496 g/mol. The fourth-order valence-corrected chi connectivity index (χ4v) is 6.31. The molecule has 0 radical (unpaired) electrons. The van der Waals surface area contributed by atoms with Crippen molar-refractivity contribution < 1.29 is 0 Å². The van der Waals surface area contributed by atoms with E-state index < -0.39 is 0 Å². The molecule has 3 nitrogen and oxygen atoms in total. The third-order valence-electron chi connectivity index (χ3n) is 8.14. The molecular weight excluding hydrogens is 474 g/mol. The Labute approximate surface area is 223 Å². The predicted molar refractivity (Wildman–Crippen MR) is 163 cm³/mol. The number of benzene rings is 6. The normalized spacial score (nSPS) is 12.1. The van der Waals surface area contributed by atoms with E-state index in [9.17, 15) is 0 Å². The smallest absolute Gasteiger partial charge is 0.0934 e. The van der Waals surface area contributed by atoms with E-state index in [4.69, 9.17) is 10.1 Å². The Kier molecular flexibility index (Phi) is 4.05. The lowest BCUT2D eigenvalue weighted by molar-refractivity contribution is 0.984. The van der Waals surface area contributed by atoms with Gasteiger partial charge in [0.25, 0.3) is 0 Å². The summed E-state index contributed by atoms with van der Waals surface area (Å²) in [5.41, 5.74) is 7.41. The van der Waals surface area contributed by atoms with Crippen LogP contribution in [0.15, 0.2) is 127 Å². The fourth-order valence-electron chi connectivity index (χ4n) is 6.31. The second kappa shape index (κ2) is 7.62. The predicted octanol–water partition coefficient (Wildman–Crippen LogP) is 9.27. The van der Waals surface area contributed by atoms with Crippen LogP contribution in [0.2, 0.25) is 0 Å². The monoisotopic (exact) mass is 495 g/mol. The molecule has 0 spiro atoms. The van der Waals surface area contributed by atoms with Gasteiger partial charge in [0.1, 0.15) is 0 Å². The van der Waals surface area contributed by atoms with Crippen molar-refractivity contribution in [3.8, 4) is 22.5 Å². The Bertz CT molecular complexity index is 2380. The first-order chi connectivity index (χ1) is 19.3. The van der Waals surface area contributed by atoms with E-state index in [2.05, 4.69) is 121 Å². The van der Waals surface area contributed by atoms with Crippen LogP contribution in [-0.4, -0.2) is 14.6 Å². The van der Waals surface area contributed by atoms with Crippen LogP contribution >= 0.6 is 0 Å². The van der Waals surface area contributed by atoms with Gasteiger partial charge in [0.2, 0.25) is 0 Å². The molecule has 9 aromatic rings. The van der Waals surface area contributed by atoms with E-state index in [0.717, 1.165) is 38.7 Å². The Hall–Kier alpha value is -5.28. The van der Waals surface area contributed by atoms with Crippen molar-refractivity contribution in [2.24, 2.45) is 0 Å². The number of aromatic nitrogens is 3. The summed E-state index contributed by atoms with van der Waals surface area (Å²) in [6, 6.07) is 45.5. The molecule has 0 aliphatic carbocycles. The lowest BCUT2D eigenvalue weighted by atomic mass is 9.89. The third kappa shape index (κ3) is 2.93. The van der Waals surface area contributed by atoms with Gasteiger partial charge in [-0.05, 0) is 79.8 Å². The first-order valence-electron chi connectivity index (χ1n) is 13.3. The highest BCUT2D eigenvalue weighted by Crippen LogP contribution is 2.39. The zero-order chi connectivity index (χ0) is 25.5. The van der Waals surface area contributed by atoms with Crippen LogP contribution in [0.1, 0.15) is 0 Å². The lowest BCUT2D eigenvalue weighted by Gasteiger charge is -2.14. The van der Waals surface area contributed by atoms with Crippen molar-refractivity contribution >= 4 is 59.6 Å². The molecule has 180 valence electrons. The van der Waals surface area contributed by atoms with E-state index in [1.807, 2.05) is 10.6 Å². The van der Waals surface area contributed by atoms with Gasteiger partial charge in [0.05, 0.1) is 27.9 Å². The van der Waals surface area contributed by atoms with Gasteiger partial charge in [0, 0.05) is 10.8 Å². The van der Waals surface area contributed by atoms with Gasteiger partial charge in [-0.1, -0.05) is 91.0 Å². The SMILES string of the molecule is c1cc2ccc3ccc(-c4ccc5nc(-c6cccc7c8ccccc8nn67)ccc5c4)c4ccc(c1)c2c34. The van der Waals surface area contributed by atoms with Gasteiger partial charge in [-0.15, -0.1) is 0 Å². The Morgan fingerprint density at radius 2 is 1.26 bits per heavy atom. The van der Waals surface area contributed by atoms with Crippen LogP contribution in [-0.2, 0) is 0 Å². The largest absolute Gasteiger partial charge is 0.246 e. The molecule has 3 aromatic heterocycles. The summed E-state index contributed by atoms with van der Waals surface area (Å²) < 4.78 is 2.01. The van der Waals surface area contributed by atoms with E-state index in [-0.39, 0.29) is 0 Å². The minimum Gasteiger partial charge on any atom is -0.246 e. The summed E-state index contributed by atoms with van der Waals surface area (Å²) in [5, 5.41) is 15.0. The maximum absolute atomic E-state index is 5.07. The highest BCUT2D eigenvalue weighted by molar-refractivity contribution is 6.25. The molecule has 0 bridgehead atoms. The molecule has 6 aromatic carbocycles. The molecule has 3 heterocycles. The molecule has 0 N–H and O–H groups in total. The summed E-state index contributed by atoms with van der Waals surface area (Å²) in [7, 11) is 0. The highest BCUT2D eigenvalue weighted by atomic mass is 15.2. The van der Waals surface area contributed by atoms with Gasteiger partial charge in [-0.25, -0.2) is 9.50 Å². The van der Waals surface area contributed by atoms with Gasteiger partial charge in [-0.3, -0.25) is 0 Å². The summed E-state index contributed by atoms with van der Waals surface area (Å²) in [6.45, 7) is 0. The third-order valence-corrected chi connectivity index (χ3v) is 8.14. The molecule has 0 aliphatic heterocycles. The molecule has 0 fully saturated rings. The van der Waals surface area contributed by atoms with Crippen molar-refractivity contribution in [1.29, 1.82) is 0 Å². The minimum atomic E-state index is 0.913. The molecule has 0 atom stereocenters. The summed E-state index contributed by atoms with van der Waals surface area (Å²) in [6.07, 6.45) is 0. The van der Waals surface area contributed by atoms with Crippen molar-refractivity contribution in [2.75, 3.05) is 0 Å². The van der Waals surface area contributed by atoms with E-state index in [1.54, 1.807) is 0 Å². The van der Waals surface area contributed by atoms with Gasteiger partial charge < -0.3 is 0 Å². The number of hydrogen-bond acceptors (Lipinski definition) is 2. The number of pyridine rings is 2. The van der Waals surface area contributed by atoms with Crippen LogP contribution in [0.25, 0.3) is 82.2 Å². The Morgan fingerprint density at radius 1 is 0.487 bits per heavy atom. The number of rotatable bonds is 2. The van der Waals surface area contributed by atoms with E-state index in [1.165, 1.54) is 43.4 Å². The highest BCUT2D eigenvalue weighted by Gasteiger charge is 2.14. The zero-order valence-electron chi connectivity index (χ0n) is 21.0. The quantitative estimate of drug-likeness (QED) is 0.224. The second-order valence-electron chi connectivity index (χ2n) is 10.3. The van der Waals surface area contributed by atoms with Gasteiger partial charge >= 0.3 is 0 Å². The van der Waals surface area contributed by atoms with Crippen LogP contribution < -0.4 is 0 Å². The van der Waals surface area contributed by atoms with Crippen LogP contribution in [0, 0.1) is 0 Å². The van der Waals surface area contributed by atoms with Crippen molar-refractivity contribution in [2.45, 2.75) is 0 Å². The topological polar surface area (TPSA) is 30.2 Å². The Morgan fingerprint density at radius 3 is 2.18 bits per heavy atom. The fraction of sp³-hybridized carbons (Fsp3) is 0. The van der Waals surface area contributed by atoms with Crippen LogP contribution in [0.4, 0.5) is 0 Å². The van der Waals surface area contributed by atoms with Crippen LogP contribution in [0.3, 0.4) is 0 Å². The Balaban J connectivity index is 1.21. The molecule has 0 amide bonds. The standard InChI is InChI=1S/C36H21N3/c1-2-8-31-29(7-1)33-9-4-10-34(39(33)38-31)32-20-16-26-21-25(15-19-30(26)37-32)27-17-13-24-12-11-22-5-3-6-23-14-18-28(27)36(24)35(22)23/h1-21H. The van der Waals surface area contributed by atoms with Gasteiger partial charge in [0.15, 0.2) is 0 Å². The second-order valence-corrected chi connectivity index (χ2v) is 10.3. The molecule has 3 heteroatoms. The molecule has 0 saturated carbocycles. The number of hydrogen-bond donors (Lipinski definition) is 0. The zero-order valence-corrected chi connectivity index (χ0v) is 21.0. The average Bonchev–Trinajstić information content (AvgIpc) is 3.38. The minimum absolute atomic E-state index is 0.913. The molecule has 9 rings (SSSR count). The first kappa shape index (κ1) is 20.7. The van der Waals surface area contributed by atoms with Crippen molar-refractivity contribution in [3.63, 3.8) is 0 Å². The summed E-state index contributed by atoms with van der Waals surface area (Å²) in [5.74, 6) is 0. The molecule has 0 aliphatic rings. The first-order valence-corrected chi connectivity index (χ1v) is 13.3. The summed E-state index contributed by atoms with van der Waals surface area (Å²) in [4.78, 5) is 5.07. The molecular formula is C36H21N3. The van der Waals surface area contributed by atoms with Gasteiger partial charge in [-0.2, -0.15) is 5.10 Å². The van der Waals surface area contributed by atoms with E-state index >= 15 is 0 Å². The maximum atomic E-state index is 5.07. The maximum Gasteiger partial charge on any atom is 0.0934 e. The summed E-state index contributed by atoms with van der Waals surface area (Å²) >= 11 is 0. The van der Waals surface area contributed by atoms with E-state index in [0.29, 0.717) is 0 Å². The van der Waals surface area contributed by atoms with Crippen LogP contribution in [0.5, 0.6) is 0 Å². The van der Waals surface area contributed by atoms with Crippen molar-refractivity contribution in [3.05, 3.63) is 127 Å². The molecule has 39 heavy (non-hydrogen) atoms.